The maximum absolute atomic E-state index is 12.9. The number of nitrogens with zero attached hydrogens (tertiary/aromatic N) is 1. The number of aryl methyl sites for hydroxylation is 1. The van der Waals surface area contributed by atoms with Crippen molar-refractivity contribution < 1.29 is 9.53 Å². The Balaban J connectivity index is 1.42. The quantitative estimate of drug-likeness (QED) is 0.436. The van der Waals surface area contributed by atoms with Crippen LogP contribution in [0.5, 0.6) is 5.75 Å². The van der Waals surface area contributed by atoms with E-state index in [1.54, 1.807) is 6.20 Å². The molecule has 0 radical (unpaired) electrons. The highest BCUT2D eigenvalue weighted by molar-refractivity contribution is 5.97. The summed E-state index contributed by atoms with van der Waals surface area (Å²) in [6, 6.07) is 8.06. The summed E-state index contributed by atoms with van der Waals surface area (Å²) in [5, 5.41) is 16.1. The van der Waals surface area contributed by atoms with Crippen molar-refractivity contribution in [3.8, 4) is 11.8 Å². The van der Waals surface area contributed by atoms with Crippen LogP contribution in [0.3, 0.4) is 0 Å². The molecule has 0 aliphatic heterocycles. The number of nitriles is 1. The summed E-state index contributed by atoms with van der Waals surface area (Å²) in [4.78, 5) is 12.9. The molecule has 1 aromatic carbocycles. The van der Waals surface area contributed by atoms with Crippen LogP contribution in [-0.4, -0.2) is 18.6 Å². The number of nitrogens with one attached hydrogen (secondary N) is 2. The number of hydrogen-bond donors (Lipinski definition) is 2. The molecule has 1 amide bonds. The topological polar surface area (TPSA) is 74.1 Å². The van der Waals surface area contributed by atoms with E-state index in [-0.39, 0.29) is 23.6 Å². The molecule has 5 rings (SSSR count). The Morgan fingerprint density at radius 3 is 2.41 bits per heavy atom. The fraction of sp³-hybridized carbons (Fsp3) is 0.630. The molecule has 4 saturated carbocycles. The molecule has 32 heavy (non-hydrogen) atoms. The van der Waals surface area contributed by atoms with Gasteiger partial charge in [-0.05, 0) is 95.5 Å². The lowest BCUT2D eigenvalue weighted by molar-refractivity contribution is -0.117. The van der Waals surface area contributed by atoms with Crippen LogP contribution in [0, 0.1) is 41.4 Å². The highest BCUT2D eigenvalue weighted by Crippen LogP contribution is 2.61. The lowest BCUT2D eigenvalue weighted by Crippen LogP contribution is -2.54. The molecule has 2 atom stereocenters. The average Bonchev–Trinajstić information content (AvgIpc) is 2.74. The van der Waals surface area contributed by atoms with E-state index in [0.717, 1.165) is 34.6 Å². The third kappa shape index (κ3) is 4.51. The molecule has 2 N–H and O–H groups in total. The van der Waals surface area contributed by atoms with E-state index in [4.69, 9.17) is 4.74 Å². The fourth-order valence-electron chi connectivity index (χ4n) is 6.89. The Hall–Kier alpha value is -2.48. The van der Waals surface area contributed by atoms with Gasteiger partial charge in [0.15, 0.2) is 0 Å². The van der Waals surface area contributed by atoms with Crippen LogP contribution in [0.4, 0.5) is 0 Å². The molecule has 4 aliphatic carbocycles. The Morgan fingerprint density at radius 1 is 1.22 bits per heavy atom. The Labute approximate surface area is 192 Å². The summed E-state index contributed by atoms with van der Waals surface area (Å²) in [7, 11) is 0. The molecule has 4 fully saturated rings. The van der Waals surface area contributed by atoms with Crippen LogP contribution in [0.1, 0.15) is 76.5 Å². The van der Waals surface area contributed by atoms with Crippen molar-refractivity contribution in [1.82, 2.24) is 10.6 Å². The van der Waals surface area contributed by atoms with E-state index < -0.39 is 0 Å². The number of carbonyl (C=O) groups excluding carboxylic acids is 1. The highest BCUT2D eigenvalue weighted by Gasteiger charge is 2.53. The maximum Gasteiger partial charge on any atom is 0.263 e. The van der Waals surface area contributed by atoms with Crippen LogP contribution in [0.15, 0.2) is 30.0 Å². The van der Waals surface area contributed by atoms with Crippen molar-refractivity contribution in [1.29, 1.82) is 5.26 Å². The largest absolute Gasteiger partial charge is 0.494 e. The lowest BCUT2D eigenvalue weighted by Gasteiger charge is -2.59. The summed E-state index contributed by atoms with van der Waals surface area (Å²) in [6.07, 6.45) is 9.75. The van der Waals surface area contributed by atoms with Crippen LogP contribution in [0.25, 0.3) is 0 Å². The third-order valence-corrected chi connectivity index (χ3v) is 8.13. The van der Waals surface area contributed by atoms with Gasteiger partial charge in [-0.25, -0.2) is 0 Å². The smallest absolute Gasteiger partial charge is 0.263 e. The molecular weight excluding hydrogens is 398 g/mol. The van der Waals surface area contributed by atoms with E-state index in [1.165, 1.54) is 38.5 Å². The summed E-state index contributed by atoms with van der Waals surface area (Å²) < 4.78 is 5.73. The number of ether oxygens (including phenoxy) is 1. The minimum Gasteiger partial charge on any atom is -0.494 e. The molecule has 1 aromatic rings. The van der Waals surface area contributed by atoms with Crippen molar-refractivity contribution in [2.45, 2.75) is 78.3 Å². The Morgan fingerprint density at radius 2 is 1.84 bits per heavy atom. The minimum atomic E-state index is -0.353. The lowest BCUT2D eigenvalue weighted by atomic mass is 9.48. The molecule has 0 saturated heterocycles. The second-order valence-electron chi connectivity index (χ2n) is 10.5. The predicted octanol–water partition coefficient (Wildman–Crippen LogP) is 5.17. The summed E-state index contributed by atoms with van der Waals surface area (Å²) >= 11 is 0. The Bertz CT molecular complexity index is 894. The second kappa shape index (κ2) is 9.17. The minimum absolute atomic E-state index is 0.124. The van der Waals surface area contributed by atoms with Crippen molar-refractivity contribution in [2.24, 2.45) is 23.2 Å². The number of hydrogen-bond acceptors (Lipinski definition) is 4. The predicted molar refractivity (Wildman–Crippen MR) is 126 cm³/mol. The molecule has 4 bridgehead atoms. The molecule has 172 valence electrons. The second-order valence-corrected chi connectivity index (χ2v) is 10.5. The number of amides is 1. The summed E-state index contributed by atoms with van der Waals surface area (Å²) in [6.45, 7) is 8.69. The van der Waals surface area contributed by atoms with Gasteiger partial charge in [0, 0.05) is 17.8 Å². The zero-order valence-corrected chi connectivity index (χ0v) is 19.9. The van der Waals surface area contributed by atoms with Gasteiger partial charge in [0.2, 0.25) is 0 Å². The Kier molecular flexibility index (Phi) is 6.51. The first-order valence-electron chi connectivity index (χ1n) is 12.2. The van der Waals surface area contributed by atoms with E-state index in [2.05, 4.69) is 23.6 Å². The molecule has 5 nitrogen and oxygen atoms in total. The van der Waals surface area contributed by atoms with Crippen LogP contribution in [-0.2, 0) is 4.79 Å². The van der Waals surface area contributed by atoms with Gasteiger partial charge in [-0.15, -0.1) is 0 Å². The van der Waals surface area contributed by atoms with E-state index in [9.17, 15) is 10.1 Å². The first-order valence-corrected chi connectivity index (χ1v) is 12.2. The van der Waals surface area contributed by atoms with E-state index >= 15 is 0 Å². The number of carbonyl (C=O) groups is 1. The summed E-state index contributed by atoms with van der Waals surface area (Å²) in [5.74, 6) is 3.05. The van der Waals surface area contributed by atoms with Crippen LogP contribution in [0.2, 0.25) is 0 Å². The van der Waals surface area contributed by atoms with E-state index in [0.29, 0.717) is 12.0 Å². The van der Waals surface area contributed by atoms with Gasteiger partial charge in [-0.1, -0.05) is 17.7 Å². The van der Waals surface area contributed by atoms with Gasteiger partial charge >= 0.3 is 0 Å². The molecule has 0 spiro atoms. The first kappa shape index (κ1) is 22.7. The van der Waals surface area contributed by atoms with Gasteiger partial charge < -0.3 is 15.4 Å². The van der Waals surface area contributed by atoms with Crippen molar-refractivity contribution in [3.05, 3.63) is 41.1 Å². The van der Waals surface area contributed by atoms with Gasteiger partial charge in [0.05, 0.1) is 12.6 Å². The molecule has 5 heteroatoms. The fourth-order valence-corrected chi connectivity index (χ4v) is 6.89. The average molecular weight is 436 g/mol. The van der Waals surface area contributed by atoms with Gasteiger partial charge in [0.1, 0.15) is 17.4 Å². The van der Waals surface area contributed by atoms with Gasteiger partial charge in [-0.2, -0.15) is 5.26 Å². The first-order chi connectivity index (χ1) is 15.3. The molecule has 2 unspecified atom stereocenters. The number of rotatable bonds is 8. The zero-order chi connectivity index (χ0) is 22.9. The monoisotopic (exact) mass is 435 g/mol. The molecule has 0 aromatic heterocycles. The van der Waals surface area contributed by atoms with Crippen LogP contribution < -0.4 is 15.4 Å². The standard InChI is InChI=1S/C27H37N3O2/c1-5-32-25-7-6-17(2)8-24(25)18(3)30-26(31)23(15-28)16-29-19(4)27-12-20-9-21(13-27)11-22(10-20)14-27/h6-8,16,18-22,29H,5,9-14H2,1-4H3,(H,30,31)/b23-16-. The normalized spacial score (nSPS) is 30.3. The van der Waals surface area contributed by atoms with Crippen LogP contribution >= 0.6 is 0 Å². The van der Waals surface area contributed by atoms with Crippen molar-refractivity contribution >= 4 is 5.91 Å². The van der Waals surface area contributed by atoms with Gasteiger partial charge in [0.25, 0.3) is 5.91 Å². The molecule has 0 heterocycles. The van der Waals surface area contributed by atoms with Gasteiger partial charge in [-0.3, -0.25) is 4.79 Å². The maximum atomic E-state index is 12.9. The third-order valence-electron chi connectivity index (χ3n) is 8.13. The van der Waals surface area contributed by atoms with Crippen molar-refractivity contribution in [3.63, 3.8) is 0 Å². The molecule has 4 aliphatic rings. The summed E-state index contributed by atoms with van der Waals surface area (Å²) in [5.41, 5.74) is 2.47. The SMILES string of the molecule is CCOc1ccc(C)cc1C(C)NC(=O)/C(C#N)=C\NC(C)C12CC3CC(CC(C3)C1)C2. The van der Waals surface area contributed by atoms with Crippen molar-refractivity contribution in [2.75, 3.05) is 6.61 Å². The zero-order valence-electron chi connectivity index (χ0n) is 19.9. The van der Waals surface area contributed by atoms with E-state index in [1.807, 2.05) is 39.0 Å². The highest BCUT2D eigenvalue weighted by atomic mass is 16.5. The number of benzene rings is 1. The molecular formula is C27H37N3O2.